The molecule has 10 heteroatoms. The lowest BCUT2D eigenvalue weighted by Gasteiger charge is -2.31. The minimum Gasteiger partial charge on any atom is -0.340 e. The van der Waals surface area contributed by atoms with Gasteiger partial charge in [0.05, 0.1) is 0 Å². The molecule has 0 aliphatic carbocycles. The van der Waals surface area contributed by atoms with Gasteiger partial charge in [-0.25, -0.2) is 13.4 Å². The van der Waals surface area contributed by atoms with Crippen LogP contribution in [0.1, 0.15) is 30.3 Å². The molecule has 0 saturated carbocycles. The van der Waals surface area contributed by atoms with E-state index >= 15 is 0 Å². The maximum Gasteiger partial charge on any atom is 0.262 e. The monoisotopic (exact) mass is 495 g/mol. The molecular weight excluding hydrogens is 466 g/mol. The second-order valence-corrected chi connectivity index (χ2v) is 10.5. The van der Waals surface area contributed by atoms with Crippen molar-refractivity contribution in [3.05, 3.63) is 78.2 Å². The first-order valence-corrected chi connectivity index (χ1v) is 12.9. The van der Waals surface area contributed by atoms with Crippen LogP contribution in [0, 0.1) is 12.8 Å². The summed E-state index contributed by atoms with van der Waals surface area (Å²) in [7, 11) is -1.98. The van der Waals surface area contributed by atoms with Gasteiger partial charge in [-0.2, -0.15) is 4.31 Å². The average Bonchev–Trinajstić information content (AvgIpc) is 3.22. The van der Waals surface area contributed by atoms with Crippen LogP contribution in [0.5, 0.6) is 0 Å². The van der Waals surface area contributed by atoms with Crippen molar-refractivity contribution in [3.8, 4) is 0 Å². The molecule has 2 heterocycles. The summed E-state index contributed by atoms with van der Waals surface area (Å²) in [5.41, 5.74) is 1.30. The molecule has 0 bridgehead atoms. The fourth-order valence-electron chi connectivity index (χ4n) is 4.08. The molecule has 2 aromatic carbocycles. The maximum absolute atomic E-state index is 13.1. The van der Waals surface area contributed by atoms with Crippen molar-refractivity contribution in [2.24, 2.45) is 13.0 Å². The van der Waals surface area contributed by atoms with Crippen molar-refractivity contribution < 1.29 is 18.0 Å². The summed E-state index contributed by atoms with van der Waals surface area (Å²) in [6, 6.07) is 17.2. The topological polar surface area (TPSA) is 113 Å². The van der Waals surface area contributed by atoms with Gasteiger partial charge in [0.2, 0.25) is 5.91 Å². The molecule has 1 saturated heterocycles. The molecule has 1 aliphatic heterocycles. The molecule has 35 heavy (non-hydrogen) atoms. The molecule has 1 aromatic heterocycles. The van der Waals surface area contributed by atoms with E-state index in [1.807, 2.05) is 36.4 Å². The van der Waals surface area contributed by atoms with Gasteiger partial charge in [0.1, 0.15) is 11.9 Å². The molecule has 3 aromatic rings. The Bertz CT molecular complexity index is 1260. The predicted octanol–water partition coefficient (Wildman–Crippen LogP) is 2.63. The highest BCUT2D eigenvalue weighted by Gasteiger charge is 2.35. The first kappa shape index (κ1) is 24.6. The highest BCUT2D eigenvalue weighted by atomic mass is 32.2. The number of carbonyl (C=O) groups is 2. The number of piperidine rings is 1. The van der Waals surface area contributed by atoms with Crippen LogP contribution >= 0.6 is 0 Å². The summed E-state index contributed by atoms with van der Waals surface area (Å²) in [5.74, 6) is -0.407. The number of imidazole rings is 1. The van der Waals surface area contributed by atoms with E-state index in [0.717, 1.165) is 0 Å². The Morgan fingerprint density at radius 1 is 1.00 bits per heavy atom. The molecular formula is C25H29N5O4S. The van der Waals surface area contributed by atoms with E-state index < -0.39 is 22.0 Å². The summed E-state index contributed by atoms with van der Waals surface area (Å²) < 4.78 is 28.9. The number of carbonyl (C=O) groups excluding carboxylic acids is 2. The molecule has 1 aliphatic rings. The van der Waals surface area contributed by atoms with Crippen molar-refractivity contribution >= 4 is 27.5 Å². The van der Waals surface area contributed by atoms with Crippen molar-refractivity contribution in [2.75, 3.05) is 18.4 Å². The van der Waals surface area contributed by atoms with Crippen LogP contribution in [0.2, 0.25) is 0 Å². The Hall–Kier alpha value is -3.50. The van der Waals surface area contributed by atoms with E-state index in [-0.39, 0.29) is 29.9 Å². The SMILES string of the molecule is Cc1nc(S(=O)(=O)N2CCC(C(=O)NC(C(=O)Nc3ccccc3)c3ccccc3)CC2)cn1C. The fraction of sp³-hybridized carbons (Fsp3) is 0.320. The molecule has 9 nitrogen and oxygen atoms in total. The number of nitrogens with zero attached hydrogens (tertiary/aromatic N) is 3. The van der Waals surface area contributed by atoms with Gasteiger partial charge in [-0.05, 0) is 37.5 Å². The lowest BCUT2D eigenvalue weighted by Crippen LogP contribution is -2.45. The van der Waals surface area contributed by atoms with Crippen LogP contribution in [0.3, 0.4) is 0 Å². The molecule has 0 spiro atoms. The number of anilines is 1. The Balaban J connectivity index is 1.43. The molecule has 1 fully saturated rings. The van der Waals surface area contributed by atoms with Gasteiger partial charge in [0, 0.05) is 37.9 Å². The molecule has 4 rings (SSSR count). The summed E-state index contributed by atoms with van der Waals surface area (Å²) in [6.45, 7) is 2.16. The van der Waals surface area contributed by atoms with E-state index in [0.29, 0.717) is 29.9 Å². The second-order valence-electron chi connectivity index (χ2n) is 8.62. The van der Waals surface area contributed by atoms with Crippen LogP contribution in [-0.4, -0.2) is 47.2 Å². The Morgan fingerprint density at radius 3 is 2.17 bits per heavy atom. The average molecular weight is 496 g/mol. The van der Waals surface area contributed by atoms with Crippen LogP contribution < -0.4 is 10.6 Å². The third-order valence-electron chi connectivity index (χ3n) is 6.24. The number of para-hydroxylation sites is 1. The predicted molar refractivity (Wildman–Crippen MR) is 132 cm³/mol. The summed E-state index contributed by atoms with van der Waals surface area (Å²) >= 11 is 0. The highest BCUT2D eigenvalue weighted by molar-refractivity contribution is 7.89. The Labute approximate surface area is 205 Å². The van der Waals surface area contributed by atoms with Crippen LogP contribution in [0.15, 0.2) is 71.9 Å². The van der Waals surface area contributed by atoms with Crippen LogP contribution in [0.4, 0.5) is 5.69 Å². The van der Waals surface area contributed by atoms with Crippen LogP contribution in [0.25, 0.3) is 0 Å². The number of benzene rings is 2. The number of rotatable bonds is 7. The van der Waals surface area contributed by atoms with Crippen molar-refractivity contribution in [3.63, 3.8) is 0 Å². The van der Waals surface area contributed by atoms with E-state index in [1.54, 1.807) is 42.8 Å². The van der Waals surface area contributed by atoms with Crippen molar-refractivity contribution in [2.45, 2.75) is 30.8 Å². The molecule has 2 amide bonds. The molecule has 184 valence electrons. The zero-order chi connectivity index (χ0) is 25.0. The van der Waals surface area contributed by atoms with E-state index in [9.17, 15) is 18.0 Å². The third kappa shape index (κ3) is 5.60. The number of nitrogens with one attached hydrogen (secondary N) is 2. The smallest absolute Gasteiger partial charge is 0.262 e. The molecule has 0 radical (unpaired) electrons. The number of hydrogen-bond acceptors (Lipinski definition) is 5. The first-order valence-electron chi connectivity index (χ1n) is 11.5. The molecule has 2 N–H and O–H groups in total. The summed E-state index contributed by atoms with van der Waals surface area (Å²) in [6.07, 6.45) is 2.22. The standard InChI is InChI=1S/C25H29N5O4S/c1-18-26-22(17-29(18)2)35(33,34)30-15-13-20(14-16-30)24(31)28-23(19-9-5-3-6-10-19)25(32)27-21-11-7-4-8-12-21/h3-12,17,20,23H,13-16H2,1-2H3,(H,27,32)(H,28,31). The van der Waals surface area contributed by atoms with Crippen molar-refractivity contribution in [1.29, 1.82) is 0 Å². The zero-order valence-electron chi connectivity index (χ0n) is 19.7. The number of aromatic nitrogens is 2. The fourth-order valence-corrected chi connectivity index (χ4v) is 5.58. The number of hydrogen-bond donors (Lipinski definition) is 2. The minimum atomic E-state index is -3.72. The minimum absolute atomic E-state index is 0.0159. The lowest BCUT2D eigenvalue weighted by molar-refractivity contribution is -0.130. The number of sulfonamides is 1. The van der Waals surface area contributed by atoms with Gasteiger partial charge in [-0.1, -0.05) is 48.5 Å². The summed E-state index contributed by atoms with van der Waals surface area (Å²) in [5, 5.41) is 5.75. The Kier molecular flexibility index (Phi) is 7.32. The quantitative estimate of drug-likeness (QED) is 0.523. The van der Waals surface area contributed by atoms with Gasteiger partial charge in [-0.3, -0.25) is 9.59 Å². The van der Waals surface area contributed by atoms with E-state index in [2.05, 4.69) is 15.6 Å². The highest BCUT2D eigenvalue weighted by Crippen LogP contribution is 2.25. The van der Waals surface area contributed by atoms with Gasteiger partial charge in [0.25, 0.3) is 15.9 Å². The largest absolute Gasteiger partial charge is 0.340 e. The van der Waals surface area contributed by atoms with E-state index in [1.165, 1.54) is 10.5 Å². The molecule has 1 atom stereocenters. The van der Waals surface area contributed by atoms with E-state index in [4.69, 9.17) is 0 Å². The van der Waals surface area contributed by atoms with Gasteiger partial charge in [-0.15, -0.1) is 0 Å². The van der Waals surface area contributed by atoms with Gasteiger partial charge in [0.15, 0.2) is 5.03 Å². The lowest BCUT2D eigenvalue weighted by atomic mass is 9.96. The van der Waals surface area contributed by atoms with Gasteiger partial charge >= 0.3 is 0 Å². The maximum atomic E-state index is 13.1. The van der Waals surface area contributed by atoms with Crippen LogP contribution in [-0.2, 0) is 26.7 Å². The molecule has 1 unspecified atom stereocenters. The zero-order valence-corrected chi connectivity index (χ0v) is 20.5. The Morgan fingerprint density at radius 2 is 1.60 bits per heavy atom. The van der Waals surface area contributed by atoms with Crippen molar-refractivity contribution in [1.82, 2.24) is 19.2 Å². The number of aryl methyl sites for hydroxylation is 2. The third-order valence-corrected chi connectivity index (χ3v) is 8.01. The normalized spacial score (nSPS) is 15.9. The summed E-state index contributed by atoms with van der Waals surface area (Å²) in [4.78, 5) is 30.4. The number of amides is 2. The van der Waals surface area contributed by atoms with Gasteiger partial charge < -0.3 is 15.2 Å². The second kappa shape index (κ2) is 10.4. The first-order chi connectivity index (χ1) is 16.8.